The molecule has 2 rings (SSSR count). The Morgan fingerprint density at radius 1 is 1.35 bits per heavy atom. The van der Waals surface area contributed by atoms with Gasteiger partial charge in [0.25, 0.3) is 10.0 Å². The molecule has 1 aromatic heterocycles. The zero-order valence-electron chi connectivity index (χ0n) is 11.0. The van der Waals surface area contributed by atoms with Gasteiger partial charge in [0, 0.05) is 13.6 Å². The average Bonchev–Trinajstić information content (AvgIpc) is 2.78. The standard InChI is InChI=1S/C12H14ClN3O3S/c1-16-8-14-12(11(16)13)20(17,18)15-7-9-3-5-10(19-2)6-4-9/h3-6,8,15H,7H2,1-2H3. The number of hydrogen-bond donors (Lipinski definition) is 1. The lowest BCUT2D eigenvalue weighted by Gasteiger charge is -2.06. The van der Waals surface area contributed by atoms with E-state index in [4.69, 9.17) is 16.3 Å². The molecule has 0 aliphatic heterocycles. The van der Waals surface area contributed by atoms with E-state index in [-0.39, 0.29) is 16.7 Å². The first-order chi connectivity index (χ1) is 9.44. The van der Waals surface area contributed by atoms with Crippen LogP contribution in [0.4, 0.5) is 0 Å². The fourth-order valence-corrected chi connectivity index (χ4v) is 3.01. The zero-order valence-corrected chi connectivity index (χ0v) is 12.6. The Bertz CT molecular complexity index is 695. The minimum absolute atomic E-state index is 0.0761. The lowest BCUT2D eigenvalue weighted by atomic mass is 10.2. The Morgan fingerprint density at radius 3 is 2.50 bits per heavy atom. The number of nitrogens with one attached hydrogen (secondary N) is 1. The second-order valence-corrected chi connectivity index (χ2v) is 6.16. The molecule has 6 nitrogen and oxygen atoms in total. The second-order valence-electron chi connectivity index (χ2n) is 4.12. The summed E-state index contributed by atoms with van der Waals surface area (Å²) in [5, 5.41) is -0.0950. The second kappa shape index (κ2) is 5.82. The van der Waals surface area contributed by atoms with E-state index in [2.05, 4.69) is 9.71 Å². The Morgan fingerprint density at radius 2 is 2.00 bits per heavy atom. The highest BCUT2D eigenvalue weighted by Crippen LogP contribution is 2.19. The van der Waals surface area contributed by atoms with Crippen LogP contribution in [0.1, 0.15) is 5.56 Å². The molecule has 0 aliphatic rings. The first kappa shape index (κ1) is 14.8. The SMILES string of the molecule is COc1ccc(CNS(=O)(=O)c2ncn(C)c2Cl)cc1. The number of imidazole rings is 1. The molecule has 8 heteroatoms. The van der Waals surface area contributed by atoms with Gasteiger partial charge in [0.2, 0.25) is 5.03 Å². The highest BCUT2D eigenvalue weighted by molar-refractivity contribution is 7.89. The number of benzene rings is 1. The molecule has 0 fully saturated rings. The first-order valence-electron chi connectivity index (χ1n) is 5.73. The van der Waals surface area contributed by atoms with E-state index in [0.717, 1.165) is 5.56 Å². The Labute approximate surface area is 122 Å². The summed E-state index contributed by atoms with van der Waals surface area (Å²) in [6, 6.07) is 7.08. The molecule has 0 spiro atoms. The summed E-state index contributed by atoms with van der Waals surface area (Å²) >= 11 is 5.88. The first-order valence-corrected chi connectivity index (χ1v) is 7.59. The van der Waals surface area contributed by atoms with Crippen molar-refractivity contribution in [3.8, 4) is 5.75 Å². The number of methoxy groups -OCH3 is 1. The molecule has 0 aliphatic carbocycles. The topological polar surface area (TPSA) is 73.2 Å². The predicted molar refractivity (Wildman–Crippen MR) is 75.2 cm³/mol. The molecule has 20 heavy (non-hydrogen) atoms. The fourth-order valence-electron chi connectivity index (χ4n) is 1.56. The predicted octanol–water partition coefficient (Wildman–Crippen LogP) is 1.56. The van der Waals surface area contributed by atoms with E-state index in [1.807, 2.05) is 0 Å². The third kappa shape index (κ3) is 3.12. The lowest BCUT2D eigenvalue weighted by molar-refractivity contribution is 0.414. The van der Waals surface area contributed by atoms with Crippen molar-refractivity contribution in [1.29, 1.82) is 0 Å². The molecule has 1 heterocycles. The third-order valence-corrected chi connectivity index (χ3v) is 4.60. The quantitative estimate of drug-likeness (QED) is 0.908. The van der Waals surface area contributed by atoms with Crippen molar-refractivity contribution in [1.82, 2.24) is 14.3 Å². The monoisotopic (exact) mass is 315 g/mol. The molecule has 2 aromatic rings. The van der Waals surface area contributed by atoms with Crippen molar-refractivity contribution in [2.45, 2.75) is 11.6 Å². The third-order valence-electron chi connectivity index (χ3n) is 2.71. The number of halogens is 1. The summed E-state index contributed by atoms with van der Waals surface area (Å²) in [5.74, 6) is 0.712. The highest BCUT2D eigenvalue weighted by Gasteiger charge is 2.21. The molecule has 1 aromatic carbocycles. The normalized spacial score (nSPS) is 11.6. The highest BCUT2D eigenvalue weighted by atomic mass is 35.5. The van der Waals surface area contributed by atoms with Gasteiger partial charge in [-0.25, -0.2) is 18.1 Å². The summed E-state index contributed by atoms with van der Waals surface area (Å²) in [7, 11) is -0.536. The number of aromatic nitrogens is 2. The molecule has 0 saturated heterocycles. The van der Waals surface area contributed by atoms with Gasteiger partial charge in [0.15, 0.2) is 0 Å². The van der Waals surface area contributed by atoms with Gasteiger partial charge in [-0.3, -0.25) is 0 Å². The number of rotatable bonds is 5. The largest absolute Gasteiger partial charge is 0.497 e. The lowest BCUT2D eigenvalue weighted by Crippen LogP contribution is -2.24. The number of aryl methyl sites for hydroxylation is 1. The fraction of sp³-hybridized carbons (Fsp3) is 0.250. The van der Waals surface area contributed by atoms with Crippen molar-refractivity contribution in [3.63, 3.8) is 0 Å². The van der Waals surface area contributed by atoms with E-state index in [1.165, 1.54) is 10.9 Å². The van der Waals surface area contributed by atoms with Gasteiger partial charge in [0.05, 0.1) is 13.4 Å². The molecule has 0 unspecified atom stereocenters. The summed E-state index contributed by atoms with van der Waals surface area (Å²) in [5.41, 5.74) is 0.807. The number of sulfonamides is 1. The van der Waals surface area contributed by atoms with Crippen LogP contribution >= 0.6 is 11.6 Å². The maximum atomic E-state index is 12.1. The Balaban J connectivity index is 2.11. The van der Waals surface area contributed by atoms with Crippen LogP contribution in [-0.2, 0) is 23.6 Å². The van der Waals surface area contributed by atoms with Gasteiger partial charge < -0.3 is 9.30 Å². The molecular weight excluding hydrogens is 302 g/mol. The summed E-state index contributed by atoms with van der Waals surface area (Å²) < 4.78 is 33.1. The minimum Gasteiger partial charge on any atom is -0.497 e. The Hall–Kier alpha value is -1.57. The van der Waals surface area contributed by atoms with Crippen LogP contribution in [0, 0.1) is 0 Å². The van der Waals surface area contributed by atoms with Gasteiger partial charge in [-0.15, -0.1) is 0 Å². The van der Waals surface area contributed by atoms with Crippen LogP contribution in [0.3, 0.4) is 0 Å². The number of nitrogens with zero attached hydrogens (tertiary/aromatic N) is 2. The summed E-state index contributed by atoms with van der Waals surface area (Å²) in [6.45, 7) is 0.152. The molecule has 1 N–H and O–H groups in total. The van der Waals surface area contributed by atoms with Gasteiger partial charge >= 0.3 is 0 Å². The molecule has 0 atom stereocenters. The molecule has 108 valence electrons. The van der Waals surface area contributed by atoms with Crippen LogP contribution in [-0.4, -0.2) is 25.1 Å². The van der Waals surface area contributed by atoms with E-state index in [9.17, 15) is 8.42 Å². The van der Waals surface area contributed by atoms with Crippen LogP contribution in [0.15, 0.2) is 35.6 Å². The van der Waals surface area contributed by atoms with Crippen molar-refractivity contribution >= 4 is 21.6 Å². The molecule has 0 bridgehead atoms. The van der Waals surface area contributed by atoms with Gasteiger partial charge in [-0.2, -0.15) is 0 Å². The molecule has 0 saturated carbocycles. The van der Waals surface area contributed by atoms with E-state index in [0.29, 0.717) is 5.75 Å². The van der Waals surface area contributed by atoms with E-state index < -0.39 is 10.0 Å². The smallest absolute Gasteiger partial charge is 0.261 e. The van der Waals surface area contributed by atoms with Crippen molar-refractivity contribution < 1.29 is 13.2 Å². The summed E-state index contributed by atoms with van der Waals surface area (Å²) in [4.78, 5) is 3.79. The van der Waals surface area contributed by atoms with Crippen LogP contribution in [0.5, 0.6) is 5.75 Å². The van der Waals surface area contributed by atoms with E-state index >= 15 is 0 Å². The Kier molecular flexibility index (Phi) is 4.32. The average molecular weight is 316 g/mol. The van der Waals surface area contributed by atoms with Crippen molar-refractivity contribution in [3.05, 3.63) is 41.3 Å². The van der Waals surface area contributed by atoms with Crippen molar-refractivity contribution in [2.75, 3.05) is 7.11 Å². The van der Waals surface area contributed by atoms with Crippen LogP contribution < -0.4 is 9.46 Å². The van der Waals surface area contributed by atoms with Gasteiger partial charge in [-0.05, 0) is 17.7 Å². The molecule has 0 radical (unpaired) electrons. The number of ether oxygens (including phenoxy) is 1. The minimum atomic E-state index is -3.73. The zero-order chi connectivity index (χ0) is 14.8. The van der Waals surface area contributed by atoms with Crippen molar-refractivity contribution in [2.24, 2.45) is 7.05 Å². The summed E-state index contributed by atoms with van der Waals surface area (Å²) in [6.07, 6.45) is 1.35. The molecular formula is C12H14ClN3O3S. The van der Waals surface area contributed by atoms with Gasteiger partial charge in [-0.1, -0.05) is 23.7 Å². The number of hydrogen-bond acceptors (Lipinski definition) is 4. The maximum Gasteiger partial charge on any atom is 0.261 e. The maximum absolute atomic E-state index is 12.1. The van der Waals surface area contributed by atoms with E-state index in [1.54, 1.807) is 38.4 Å². The van der Waals surface area contributed by atoms with Gasteiger partial charge in [0.1, 0.15) is 10.9 Å². The molecule has 0 amide bonds. The van der Waals surface area contributed by atoms with Crippen LogP contribution in [0.2, 0.25) is 5.15 Å². The van der Waals surface area contributed by atoms with Crippen LogP contribution in [0.25, 0.3) is 0 Å².